The molecule has 5 aromatic rings. The number of ether oxygens (including phenoxy) is 2. The molecule has 2 saturated heterocycles. The lowest BCUT2D eigenvalue weighted by Crippen LogP contribution is -2.37. The van der Waals surface area contributed by atoms with Gasteiger partial charge in [0.2, 0.25) is 5.88 Å². The van der Waals surface area contributed by atoms with Gasteiger partial charge in [-0.3, -0.25) is 9.88 Å². The van der Waals surface area contributed by atoms with Crippen LogP contribution in [0, 0.1) is 5.82 Å². The van der Waals surface area contributed by atoms with E-state index in [-0.39, 0.29) is 23.5 Å². The van der Waals surface area contributed by atoms with Gasteiger partial charge in [0.05, 0.1) is 47.0 Å². The highest BCUT2D eigenvalue weighted by atomic mass is 19.1. The van der Waals surface area contributed by atoms with E-state index in [1.807, 2.05) is 30.3 Å². The van der Waals surface area contributed by atoms with Crippen molar-refractivity contribution in [2.75, 3.05) is 19.7 Å². The summed E-state index contributed by atoms with van der Waals surface area (Å²) >= 11 is 0. The van der Waals surface area contributed by atoms with E-state index in [0.717, 1.165) is 78.0 Å². The standard InChI is InChI=1S/C34H34FN5O4/c1-21(33-38-29-9-8-24(34(41)42)17-30(29)40(33)19-27-12-15-43-27)39-13-10-22(11-14-39)28-6-3-7-31(37-28)44-20-25-5-2-4-23-16-26(35)18-36-32(23)25/h2-9,16-18,21-22,27H,10-15,19-20H2,1H3,(H,41,42)/t21?,27-/m0/s1. The zero-order chi connectivity index (χ0) is 30.2. The van der Waals surface area contributed by atoms with Crippen molar-refractivity contribution in [3.8, 4) is 5.88 Å². The number of carboxylic acid groups (broad SMARTS) is 1. The molecule has 0 amide bonds. The predicted octanol–water partition coefficient (Wildman–Crippen LogP) is 6.13. The average molecular weight is 596 g/mol. The van der Waals surface area contributed by atoms with Gasteiger partial charge >= 0.3 is 5.97 Å². The second-order valence-corrected chi connectivity index (χ2v) is 11.7. The number of hydrogen-bond donors (Lipinski definition) is 1. The number of likely N-dealkylation sites (tertiary alicyclic amines) is 1. The Morgan fingerprint density at radius 1 is 1.09 bits per heavy atom. The number of rotatable bonds is 9. The third-order valence-corrected chi connectivity index (χ3v) is 8.96. The molecule has 0 aliphatic carbocycles. The Kier molecular flexibility index (Phi) is 7.69. The lowest BCUT2D eigenvalue weighted by molar-refractivity contribution is -0.0594. The molecule has 3 aromatic heterocycles. The fourth-order valence-corrected chi connectivity index (χ4v) is 6.37. The van der Waals surface area contributed by atoms with Gasteiger partial charge in [0, 0.05) is 35.2 Å². The average Bonchev–Trinajstić information content (AvgIpc) is 3.39. The van der Waals surface area contributed by atoms with E-state index in [2.05, 4.69) is 27.4 Å². The molecule has 5 heterocycles. The summed E-state index contributed by atoms with van der Waals surface area (Å²) in [6.07, 6.45) is 4.25. The van der Waals surface area contributed by atoms with Gasteiger partial charge in [-0.1, -0.05) is 24.3 Å². The fourth-order valence-electron chi connectivity index (χ4n) is 6.37. The molecule has 0 spiro atoms. The van der Waals surface area contributed by atoms with Crippen LogP contribution < -0.4 is 4.74 Å². The van der Waals surface area contributed by atoms with E-state index in [1.54, 1.807) is 18.2 Å². The van der Waals surface area contributed by atoms with Crippen molar-refractivity contribution >= 4 is 27.9 Å². The summed E-state index contributed by atoms with van der Waals surface area (Å²) in [5.74, 6) is 0.508. The molecule has 1 unspecified atom stereocenters. The normalized spacial score (nSPS) is 18.4. The minimum absolute atomic E-state index is 0.0575. The molecule has 44 heavy (non-hydrogen) atoms. The third kappa shape index (κ3) is 5.62. The summed E-state index contributed by atoms with van der Waals surface area (Å²) < 4.78 is 27.6. The Bertz CT molecular complexity index is 1830. The lowest BCUT2D eigenvalue weighted by Gasteiger charge is -2.36. The molecule has 10 heteroatoms. The number of aromatic carboxylic acids is 1. The maximum atomic E-state index is 13.6. The fraction of sp³-hybridized carbons (Fsp3) is 0.353. The predicted molar refractivity (Wildman–Crippen MR) is 163 cm³/mol. The summed E-state index contributed by atoms with van der Waals surface area (Å²) in [6.45, 7) is 5.68. The van der Waals surface area contributed by atoms with Crippen LogP contribution in [0.4, 0.5) is 4.39 Å². The molecule has 2 aliphatic heterocycles. The first-order valence-electron chi connectivity index (χ1n) is 15.1. The van der Waals surface area contributed by atoms with Crippen molar-refractivity contribution in [2.24, 2.45) is 0 Å². The number of fused-ring (bicyclic) bond motifs is 2. The number of imidazole rings is 1. The van der Waals surface area contributed by atoms with Crippen molar-refractivity contribution in [1.29, 1.82) is 0 Å². The molecule has 2 aliphatic rings. The Hall–Kier alpha value is -4.41. The topological polar surface area (TPSA) is 103 Å². The third-order valence-electron chi connectivity index (χ3n) is 8.96. The first-order chi connectivity index (χ1) is 21.4. The number of hydrogen-bond acceptors (Lipinski definition) is 7. The zero-order valence-electron chi connectivity index (χ0n) is 24.5. The molecule has 2 aromatic carbocycles. The van der Waals surface area contributed by atoms with Crippen molar-refractivity contribution < 1.29 is 23.8 Å². The molecular formula is C34H34FN5O4. The van der Waals surface area contributed by atoms with Crippen LogP contribution >= 0.6 is 0 Å². The molecule has 2 atom stereocenters. The second-order valence-electron chi connectivity index (χ2n) is 11.7. The number of piperidine rings is 1. The van der Waals surface area contributed by atoms with Gasteiger partial charge in [0.15, 0.2) is 0 Å². The number of carbonyl (C=O) groups is 1. The number of benzene rings is 2. The molecule has 0 saturated carbocycles. The molecule has 2 fully saturated rings. The highest BCUT2D eigenvalue weighted by molar-refractivity contribution is 5.92. The Labute approximate surface area is 254 Å². The number of aromatic nitrogens is 4. The van der Waals surface area contributed by atoms with Gasteiger partial charge in [-0.25, -0.2) is 19.2 Å². The lowest BCUT2D eigenvalue weighted by atomic mass is 9.92. The van der Waals surface area contributed by atoms with Gasteiger partial charge < -0.3 is 19.1 Å². The van der Waals surface area contributed by atoms with E-state index >= 15 is 0 Å². The SMILES string of the molecule is CC(c1nc2ccc(C(=O)O)cc2n1C[C@@H]1CCO1)N1CCC(c2cccc(OCc3cccc4cc(F)cnc34)n2)CC1. The first-order valence-corrected chi connectivity index (χ1v) is 15.1. The van der Waals surface area contributed by atoms with Crippen LogP contribution in [0.1, 0.15) is 65.6 Å². The summed E-state index contributed by atoms with van der Waals surface area (Å²) in [4.78, 5) is 28.2. The van der Waals surface area contributed by atoms with Gasteiger partial charge in [0.25, 0.3) is 0 Å². The number of para-hydroxylation sites is 1. The molecule has 9 nitrogen and oxygen atoms in total. The van der Waals surface area contributed by atoms with Crippen LogP contribution in [0.15, 0.2) is 66.9 Å². The molecule has 1 N–H and O–H groups in total. The van der Waals surface area contributed by atoms with Crippen molar-refractivity contribution in [2.45, 2.75) is 57.4 Å². The molecule has 7 rings (SSSR count). The number of pyridine rings is 2. The minimum atomic E-state index is -0.943. The molecular weight excluding hydrogens is 561 g/mol. The van der Waals surface area contributed by atoms with Crippen LogP contribution in [0.25, 0.3) is 21.9 Å². The maximum Gasteiger partial charge on any atom is 0.335 e. The van der Waals surface area contributed by atoms with Crippen LogP contribution in [-0.2, 0) is 17.9 Å². The van der Waals surface area contributed by atoms with Crippen molar-refractivity contribution in [3.63, 3.8) is 0 Å². The summed E-state index contributed by atoms with van der Waals surface area (Å²) in [5.41, 5.74) is 4.52. The van der Waals surface area contributed by atoms with Gasteiger partial charge in [0.1, 0.15) is 18.2 Å². The van der Waals surface area contributed by atoms with E-state index in [9.17, 15) is 14.3 Å². The van der Waals surface area contributed by atoms with Crippen LogP contribution in [0.2, 0.25) is 0 Å². The van der Waals surface area contributed by atoms with Crippen LogP contribution in [-0.4, -0.2) is 61.3 Å². The highest BCUT2D eigenvalue weighted by Crippen LogP contribution is 2.34. The molecule has 226 valence electrons. The van der Waals surface area contributed by atoms with Crippen LogP contribution in [0.5, 0.6) is 5.88 Å². The quantitative estimate of drug-likeness (QED) is 0.217. The van der Waals surface area contributed by atoms with Crippen LogP contribution in [0.3, 0.4) is 0 Å². The van der Waals surface area contributed by atoms with Gasteiger partial charge in [-0.05, 0) is 69.6 Å². The largest absolute Gasteiger partial charge is 0.478 e. The smallest absolute Gasteiger partial charge is 0.335 e. The van der Waals surface area contributed by atoms with Crippen molar-refractivity contribution in [3.05, 3.63) is 95.3 Å². The zero-order valence-corrected chi connectivity index (χ0v) is 24.5. The van der Waals surface area contributed by atoms with E-state index in [0.29, 0.717) is 24.9 Å². The monoisotopic (exact) mass is 595 g/mol. The van der Waals surface area contributed by atoms with Gasteiger partial charge in [-0.15, -0.1) is 0 Å². The molecule has 0 radical (unpaired) electrons. The molecule has 0 bridgehead atoms. The number of carboxylic acids is 1. The van der Waals surface area contributed by atoms with Gasteiger partial charge in [-0.2, -0.15) is 0 Å². The summed E-state index contributed by atoms with van der Waals surface area (Å²) in [6, 6.07) is 18.3. The summed E-state index contributed by atoms with van der Waals surface area (Å²) in [5, 5.41) is 10.3. The van der Waals surface area contributed by atoms with Crippen molar-refractivity contribution in [1.82, 2.24) is 24.4 Å². The Morgan fingerprint density at radius 2 is 1.91 bits per heavy atom. The highest BCUT2D eigenvalue weighted by Gasteiger charge is 2.30. The van der Waals surface area contributed by atoms with E-state index in [1.165, 1.54) is 12.3 Å². The second kappa shape index (κ2) is 11.9. The van der Waals surface area contributed by atoms with E-state index in [4.69, 9.17) is 19.4 Å². The maximum absolute atomic E-state index is 13.6. The number of halogens is 1. The number of nitrogens with zero attached hydrogens (tertiary/aromatic N) is 5. The minimum Gasteiger partial charge on any atom is -0.478 e. The Morgan fingerprint density at radius 3 is 2.68 bits per heavy atom. The first kappa shape index (κ1) is 28.4. The van der Waals surface area contributed by atoms with E-state index < -0.39 is 5.97 Å². The summed E-state index contributed by atoms with van der Waals surface area (Å²) in [7, 11) is 0. The Balaban J connectivity index is 1.03.